The van der Waals surface area contributed by atoms with E-state index in [1.165, 1.54) is 12.8 Å². The molecule has 1 amide bonds. The minimum absolute atomic E-state index is 0.0937. The van der Waals surface area contributed by atoms with Crippen LogP contribution in [0.4, 0.5) is 0 Å². The van der Waals surface area contributed by atoms with Crippen LogP contribution in [0.3, 0.4) is 0 Å². The van der Waals surface area contributed by atoms with Gasteiger partial charge in [0.15, 0.2) is 5.82 Å². The molecular formula is C16H27N3O2. The molecule has 1 aromatic rings. The zero-order valence-electron chi connectivity index (χ0n) is 13.4. The van der Waals surface area contributed by atoms with E-state index in [2.05, 4.69) is 36.2 Å². The standard InChI is InChI=1S/C16H27N3O2/c1-4-6-14-18-16(21-19-14)10-9-15(20)17-13-8-5-7-11(2)12(13)3/h11-13H,4-10H2,1-3H3,(H,17,20). The quantitative estimate of drug-likeness (QED) is 0.875. The van der Waals surface area contributed by atoms with Gasteiger partial charge in [0.05, 0.1) is 0 Å². The molecule has 1 aliphatic rings. The first-order valence-electron chi connectivity index (χ1n) is 8.21. The molecule has 1 aliphatic carbocycles. The minimum atomic E-state index is 0.0937. The van der Waals surface area contributed by atoms with Crippen molar-refractivity contribution in [1.82, 2.24) is 15.5 Å². The highest BCUT2D eigenvalue weighted by Crippen LogP contribution is 2.29. The lowest BCUT2D eigenvalue weighted by Gasteiger charge is -2.34. The molecule has 21 heavy (non-hydrogen) atoms. The number of amides is 1. The van der Waals surface area contributed by atoms with Gasteiger partial charge in [-0.15, -0.1) is 0 Å². The zero-order valence-corrected chi connectivity index (χ0v) is 13.4. The molecule has 1 saturated carbocycles. The van der Waals surface area contributed by atoms with E-state index in [-0.39, 0.29) is 5.91 Å². The fourth-order valence-corrected chi connectivity index (χ4v) is 3.00. The maximum absolute atomic E-state index is 12.1. The maximum Gasteiger partial charge on any atom is 0.227 e. The van der Waals surface area contributed by atoms with Crippen LogP contribution in [0.2, 0.25) is 0 Å². The van der Waals surface area contributed by atoms with Gasteiger partial charge in [-0.2, -0.15) is 4.98 Å². The van der Waals surface area contributed by atoms with E-state index >= 15 is 0 Å². The van der Waals surface area contributed by atoms with Gasteiger partial charge in [-0.1, -0.05) is 38.8 Å². The number of carbonyl (C=O) groups excluding carboxylic acids is 1. The molecule has 1 heterocycles. The van der Waals surface area contributed by atoms with Crippen molar-refractivity contribution >= 4 is 5.91 Å². The van der Waals surface area contributed by atoms with Crippen LogP contribution in [0.5, 0.6) is 0 Å². The van der Waals surface area contributed by atoms with Gasteiger partial charge < -0.3 is 9.84 Å². The summed E-state index contributed by atoms with van der Waals surface area (Å²) in [6.45, 7) is 6.59. The Kier molecular flexibility index (Phi) is 5.76. The fraction of sp³-hybridized carbons (Fsp3) is 0.812. The molecule has 0 spiro atoms. The number of aromatic nitrogens is 2. The van der Waals surface area contributed by atoms with Crippen molar-refractivity contribution in [1.29, 1.82) is 0 Å². The summed E-state index contributed by atoms with van der Waals surface area (Å²) >= 11 is 0. The van der Waals surface area contributed by atoms with Gasteiger partial charge in [-0.25, -0.2) is 0 Å². The van der Waals surface area contributed by atoms with Gasteiger partial charge in [0, 0.05) is 25.3 Å². The molecular weight excluding hydrogens is 266 g/mol. The second-order valence-corrected chi connectivity index (χ2v) is 6.30. The van der Waals surface area contributed by atoms with Gasteiger partial charge in [-0.05, 0) is 24.7 Å². The zero-order chi connectivity index (χ0) is 15.2. The Bertz CT molecular complexity index is 458. The number of rotatable bonds is 6. The van der Waals surface area contributed by atoms with Gasteiger partial charge in [0.2, 0.25) is 11.8 Å². The number of aryl methyl sites for hydroxylation is 2. The highest BCUT2D eigenvalue weighted by molar-refractivity contribution is 5.76. The number of carbonyl (C=O) groups is 1. The predicted molar refractivity (Wildman–Crippen MR) is 80.7 cm³/mol. The van der Waals surface area contributed by atoms with Gasteiger partial charge in [-0.3, -0.25) is 4.79 Å². The van der Waals surface area contributed by atoms with Gasteiger partial charge in [0.1, 0.15) is 0 Å². The summed E-state index contributed by atoms with van der Waals surface area (Å²) in [5.74, 6) is 2.65. The second-order valence-electron chi connectivity index (χ2n) is 6.30. The van der Waals surface area contributed by atoms with E-state index < -0.39 is 0 Å². The van der Waals surface area contributed by atoms with Crippen LogP contribution < -0.4 is 5.32 Å². The molecule has 3 atom stereocenters. The lowest BCUT2D eigenvalue weighted by Crippen LogP contribution is -2.43. The number of nitrogens with one attached hydrogen (secondary N) is 1. The van der Waals surface area contributed by atoms with Gasteiger partial charge in [0.25, 0.3) is 0 Å². The van der Waals surface area contributed by atoms with Crippen LogP contribution >= 0.6 is 0 Å². The minimum Gasteiger partial charge on any atom is -0.353 e. The Morgan fingerprint density at radius 2 is 2.14 bits per heavy atom. The number of hydrogen-bond donors (Lipinski definition) is 1. The van der Waals surface area contributed by atoms with Crippen molar-refractivity contribution in [2.24, 2.45) is 11.8 Å². The second kappa shape index (κ2) is 7.57. The summed E-state index contributed by atoms with van der Waals surface area (Å²) < 4.78 is 5.15. The molecule has 1 fully saturated rings. The maximum atomic E-state index is 12.1. The third kappa shape index (κ3) is 4.55. The molecule has 0 aliphatic heterocycles. The Labute approximate surface area is 126 Å². The van der Waals surface area contributed by atoms with E-state index in [4.69, 9.17) is 4.52 Å². The summed E-state index contributed by atoms with van der Waals surface area (Å²) in [6, 6.07) is 0.319. The molecule has 5 heteroatoms. The number of hydrogen-bond acceptors (Lipinski definition) is 4. The van der Waals surface area contributed by atoms with E-state index in [1.54, 1.807) is 0 Å². The lowest BCUT2D eigenvalue weighted by molar-refractivity contribution is -0.122. The first-order valence-corrected chi connectivity index (χ1v) is 8.21. The molecule has 2 rings (SSSR count). The third-order valence-corrected chi connectivity index (χ3v) is 4.60. The van der Waals surface area contributed by atoms with Crippen LogP contribution in [0.1, 0.15) is 64.6 Å². The van der Waals surface area contributed by atoms with Crippen molar-refractivity contribution in [2.45, 2.75) is 71.8 Å². The molecule has 0 aromatic carbocycles. The molecule has 1 N–H and O–H groups in total. The third-order valence-electron chi connectivity index (χ3n) is 4.60. The fourth-order valence-electron chi connectivity index (χ4n) is 3.00. The Balaban J connectivity index is 1.76. The Hall–Kier alpha value is -1.39. The van der Waals surface area contributed by atoms with Crippen LogP contribution in [-0.2, 0) is 17.6 Å². The molecule has 0 radical (unpaired) electrons. The predicted octanol–water partition coefficient (Wildman–Crippen LogP) is 2.90. The Morgan fingerprint density at radius 1 is 1.33 bits per heavy atom. The topological polar surface area (TPSA) is 68.0 Å². The first kappa shape index (κ1) is 16.0. The van der Waals surface area contributed by atoms with Gasteiger partial charge >= 0.3 is 0 Å². The smallest absolute Gasteiger partial charge is 0.227 e. The lowest BCUT2D eigenvalue weighted by atomic mass is 9.78. The normalized spacial score (nSPS) is 25.8. The Morgan fingerprint density at radius 3 is 2.90 bits per heavy atom. The van der Waals surface area contributed by atoms with Crippen molar-refractivity contribution in [3.63, 3.8) is 0 Å². The summed E-state index contributed by atoms with van der Waals surface area (Å²) in [5.41, 5.74) is 0. The van der Waals surface area contributed by atoms with E-state index in [1.807, 2.05) is 0 Å². The molecule has 5 nitrogen and oxygen atoms in total. The molecule has 0 saturated heterocycles. The molecule has 1 aromatic heterocycles. The van der Waals surface area contributed by atoms with Crippen LogP contribution in [0.25, 0.3) is 0 Å². The number of nitrogens with zero attached hydrogens (tertiary/aromatic N) is 2. The van der Waals surface area contributed by atoms with Crippen molar-refractivity contribution in [2.75, 3.05) is 0 Å². The van der Waals surface area contributed by atoms with E-state index in [9.17, 15) is 4.79 Å². The SMILES string of the molecule is CCCc1noc(CCC(=O)NC2CCCC(C)C2C)n1. The van der Waals surface area contributed by atoms with Crippen molar-refractivity contribution in [3.8, 4) is 0 Å². The molecule has 118 valence electrons. The van der Waals surface area contributed by atoms with E-state index in [0.717, 1.165) is 25.1 Å². The summed E-state index contributed by atoms with van der Waals surface area (Å²) in [4.78, 5) is 16.4. The van der Waals surface area contributed by atoms with Crippen LogP contribution in [0.15, 0.2) is 4.52 Å². The highest BCUT2D eigenvalue weighted by Gasteiger charge is 2.28. The first-order chi connectivity index (χ1) is 10.1. The molecule has 3 unspecified atom stereocenters. The summed E-state index contributed by atoms with van der Waals surface area (Å²) in [7, 11) is 0. The van der Waals surface area contributed by atoms with Crippen LogP contribution in [0, 0.1) is 11.8 Å². The summed E-state index contributed by atoms with van der Waals surface area (Å²) in [5, 5.41) is 7.08. The summed E-state index contributed by atoms with van der Waals surface area (Å²) in [6.07, 6.45) is 6.35. The van der Waals surface area contributed by atoms with Crippen LogP contribution in [-0.4, -0.2) is 22.1 Å². The van der Waals surface area contributed by atoms with Crippen molar-refractivity contribution < 1.29 is 9.32 Å². The highest BCUT2D eigenvalue weighted by atomic mass is 16.5. The molecule has 0 bridgehead atoms. The largest absolute Gasteiger partial charge is 0.353 e. The van der Waals surface area contributed by atoms with E-state index in [0.29, 0.717) is 36.6 Å². The average Bonchev–Trinajstić information content (AvgIpc) is 2.90. The monoisotopic (exact) mass is 293 g/mol. The average molecular weight is 293 g/mol. The van der Waals surface area contributed by atoms with Crippen molar-refractivity contribution in [3.05, 3.63) is 11.7 Å².